The van der Waals surface area contributed by atoms with Gasteiger partial charge in [0, 0.05) is 13.1 Å². The molecule has 2 bridgehead atoms. The van der Waals surface area contributed by atoms with Gasteiger partial charge < -0.3 is 10.5 Å². The predicted octanol–water partition coefficient (Wildman–Crippen LogP) is 0.154. The highest BCUT2D eigenvalue weighted by molar-refractivity contribution is 4.85. The van der Waals surface area contributed by atoms with E-state index >= 15 is 0 Å². The summed E-state index contributed by atoms with van der Waals surface area (Å²) >= 11 is 0. The quantitative estimate of drug-likeness (QED) is 0.587. The molecule has 2 rings (SSSR count). The van der Waals surface area contributed by atoms with Crippen LogP contribution >= 0.6 is 0 Å². The number of hydrogen-bond donors (Lipinski definition) is 1. The summed E-state index contributed by atoms with van der Waals surface area (Å²) in [5, 5.41) is 0. The zero-order valence-electron chi connectivity index (χ0n) is 6.99. The molecule has 0 aromatic rings. The van der Waals surface area contributed by atoms with Crippen LogP contribution in [0.2, 0.25) is 0 Å². The third-order valence-corrected chi connectivity index (χ3v) is 2.65. The molecule has 11 heavy (non-hydrogen) atoms. The Morgan fingerprint density at radius 3 is 2.36 bits per heavy atom. The molecule has 0 saturated carbocycles. The van der Waals surface area contributed by atoms with E-state index in [1.165, 1.54) is 12.8 Å². The van der Waals surface area contributed by atoms with Crippen molar-refractivity contribution in [2.45, 2.75) is 38.1 Å². The second-order valence-electron chi connectivity index (χ2n) is 3.65. The van der Waals surface area contributed by atoms with Gasteiger partial charge in [0.15, 0.2) is 0 Å². The maximum Gasteiger partial charge on any atom is 0.0708 e. The van der Waals surface area contributed by atoms with Crippen LogP contribution in [0.5, 0.6) is 0 Å². The van der Waals surface area contributed by atoms with Gasteiger partial charge >= 0.3 is 0 Å². The molecule has 0 aromatic carbocycles. The van der Waals surface area contributed by atoms with Gasteiger partial charge in [-0.1, -0.05) is 0 Å². The van der Waals surface area contributed by atoms with Crippen molar-refractivity contribution in [3.63, 3.8) is 0 Å². The van der Waals surface area contributed by atoms with Crippen LogP contribution < -0.4 is 5.73 Å². The van der Waals surface area contributed by atoms with Crippen molar-refractivity contribution in [2.24, 2.45) is 5.73 Å². The first-order valence-electron chi connectivity index (χ1n) is 4.41. The lowest BCUT2D eigenvalue weighted by Gasteiger charge is -2.34. The van der Waals surface area contributed by atoms with Crippen molar-refractivity contribution in [3.05, 3.63) is 0 Å². The number of nitrogens with zero attached hydrogens (tertiary/aromatic N) is 1. The first-order chi connectivity index (χ1) is 5.25. The molecule has 2 fully saturated rings. The lowest BCUT2D eigenvalue weighted by molar-refractivity contribution is -0.0495. The number of ether oxygens (including phenoxy) is 1. The lowest BCUT2D eigenvalue weighted by Crippen LogP contribution is -2.50. The Hall–Kier alpha value is -0.120. The number of rotatable bonds is 1. The van der Waals surface area contributed by atoms with Crippen molar-refractivity contribution < 1.29 is 4.74 Å². The fourth-order valence-corrected chi connectivity index (χ4v) is 1.98. The fraction of sp³-hybridized carbons (Fsp3) is 1.00. The number of hydrogen-bond acceptors (Lipinski definition) is 3. The van der Waals surface area contributed by atoms with Crippen LogP contribution in [-0.2, 0) is 4.74 Å². The van der Waals surface area contributed by atoms with E-state index in [4.69, 9.17) is 10.5 Å². The summed E-state index contributed by atoms with van der Waals surface area (Å²) in [6, 6.07) is 0. The van der Waals surface area contributed by atoms with E-state index in [0.717, 1.165) is 13.1 Å². The summed E-state index contributed by atoms with van der Waals surface area (Å²) in [6.45, 7) is 4.12. The first kappa shape index (κ1) is 7.53. The Balaban J connectivity index is 1.97. The molecular weight excluding hydrogens is 140 g/mol. The average Bonchev–Trinajstić information content (AvgIpc) is 2.30. The molecule has 0 radical (unpaired) electrons. The number of morpholine rings is 1. The molecule has 0 aliphatic carbocycles. The number of fused-ring (bicyclic) bond motifs is 2. The van der Waals surface area contributed by atoms with Gasteiger partial charge in [0.05, 0.1) is 18.4 Å². The summed E-state index contributed by atoms with van der Waals surface area (Å²) in [5.41, 5.74) is 5.79. The minimum atomic E-state index is 0.196. The van der Waals surface area contributed by atoms with E-state index in [9.17, 15) is 0 Å². The van der Waals surface area contributed by atoms with E-state index in [1.807, 2.05) is 6.92 Å². The van der Waals surface area contributed by atoms with Crippen LogP contribution in [0.15, 0.2) is 0 Å². The van der Waals surface area contributed by atoms with Gasteiger partial charge in [0.2, 0.25) is 0 Å². The summed E-state index contributed by atoms with van der Waals surface area (Å²) in [7, 11) is 0. The average molecular weight is 156 g/mol. The van der Waals surface area contributed by atoms with Crippen molar-refractivity contribution in [1.29, 1.82) is 0 Å². The molecule has 2 N–H and O–H groups in total. The van der Waals surface area contributed by atoms with E-state index in [-0.39, 0.29) is 6.17 Å². The van der Waals surface area contributed by atoms with Crippen LogP contribution in [0, 0.1) is 0 Å². The van der Waals surface area contributed by atoms with Crippen LogP contribution in [0.1, 0.15) is 19.8 Å². The van der Waals surface area contributed by atoms with E-state index in [0.29, 0.717) is 12.2 Å². The molecule has 0 spiro atoms. The molecule has 3 unspecified atom stereocenters. The Bertz CT molecular complexity index is 137. The fourth-order valence-electron chi connectivity index (χ4n) is 1.98. The molecule has 2 aliphatic rings. The summed E-state index contributed by atoms with van der Waals surface area (Å²) in [6.07, 6.45) is 3.60. The van der Waals surface area contributed by atoms with Gasteiger partial charge in [-0.25, -0.2) is 0 Å². The molecule has 64 valence electrons. The third-order valence-electron chi connectivity index (χ3n) is 2.65. The van der Waals surface area contributed by atoms with Crippen molar-refractivity contribution in [1.82, 2.24) is 4.90 Å². The van der Waals surface area contributed by atoms with Crippen LogP contribution in [0.25, 0.3) is 0 Å². The molecular formula is C8H16N2O. The molecule has 3 nitrogen and oxygen atoms in total. The van der Waals surface area contributed by atoms with Crippen molar-refractivity contribution in [2.75, 3.05) is 13.1 Å². The third kappa shape index (κ3) is 1.41. The molecule has 3 atom stereocenters. The minimum Gasteiger partial charge on any atom is -0.372 e. The second-order valence-corrected chi connectivity index (χ2v) is 3.65. The normalized spacial score (nSPS) is 40.9. The van der Waals surface area contributed by atoms with Crippen LogP contribution in [0.4, 0.5) is 0 Å². The standard InChI is InChI=1S/C8H16N2O/c1-6(9)10-4-7-2-3-8(5-10)11-7/h6-8H,2-5,9H2,1H3. The van der Waals surface area contributed by atoms with Crippen molar-refractivity contribution in [3.8, 4) is 0 Å². The molecule has 2 heterocycles. The van der Waals surface area contributed by atoms with E-state index in [2.05, 4.69) is 4.90 Å². The maximum atomic E-state index is 5.79. The zero-order valence-corrected chi connectivity index (χ0v) is 6.99. The van der Waals surface area contributed by atoms with Gasteiger partial charge in [0.1, 0.15) is 0 Å². The van der Waals surface area contributed by atoms with Crippen LogP contribution in [-0.4, -0.2) is 36.4 Å². The maximum absolute atomic E-state index is 5.79. The Morgan fingerprint density at radius 1 is 1.36 bits per heavy atom. The van der Waals surface area contributed by atoms with Gasteiger partial charge in [-0.15, -0.1) is 0 Å². The Morgan fingerprint density at radius 2 is 1.91 bits per heavy atom. The molecule has 2 saturated heterocycles. The van der Waals surface area contributed by atoms with Gasteiger partial charge in [-0.2, -0.15) is 0 Å². The SMILES string of the molecule is CC(N)N1CC2CCC(C1)O2. The van der Waals surface area contributed by atoms with Gasteiger partial charge in [0.25, 0.3) is 0 Å². The van der Waals surface area contributed by atoms with E-state index < -0.39 is 0 Å². The molecule has 0 aromatic heterocycles. The zero-order chi connectivity index (χ0) is 7.84. The number of nitrogens with two attached hydrogens (primary N) is 1. The summed E-state index contributed by atoms with van der Waals surface area (Å²) in [5.74, 6) is 0. The van der Waals surface area contributed by atoms with E-state index in [1.54, 1.807) is 0 Å². The van der Waals surface area contributed by atoms with Crippen LogP contribution in [0.3, 0.4) is 0 Å². The summed E-state index contributed by atoms with van der Waals surface area (Å²) < 4.78 is 5.68. The highest BCUT2D eigenvalue weighted by Crippen LogP contribution is 2.26. The summed E-state index contributed by atoms with van der Waals surface area (Å²) in [4.78, 5) is 2.31. The molecule has 3 heteroatoms. The van der Waals surface area contributed by atoms with Crippen molar-refractivity contribution >= 4 is 0 Å². The monoisotopic (exact) mass is 156 g/mol. The lowest BCUT2D eigenvalue weighted by atomic mass is 10.2. The van der Waals surface area contributed by atoms with Gasteiger partial charge in [-0.3, -0.25) is 4.90 Å². The smallest absolute Gasteiger partial charge is 0.0708 e. The predicted molar refractivity (Wildman–Crippen MR) is 43.1 cm³/mol. The first-order valence-corrected chi connectivity index (χ1v) is 4.41. The largest absolute Gasteiger partial charge is 0.372 e. The number of likely N-dealkylation sites (tertiary alicyclic amines) is 1. The highest BCUT2D eigenvalue weighted by atomic mass is 16.5. The minimum absolute atomic E-state index is 0.196. The second kappa shape index (κ2) is 2.73. The Labute approximate surface area is 67.5 Å². The highest BCUT2D eigenvalue weighted by Gasteiger charge is 2.34. The molecule has 2 aliphatic heterocycles. The van der Waals surface area contributed by atoms with Gasteiger partial charge in [-0.05, 0) is 19.8 Å². The molecule has 0 amide bonds. The Kier molecular flexibility index (Phi) is 1.87. The topological polar surface area (TPSA) is 38.5 Å².